The highest BCUT2D eigenvalue weighted by molar-refractivity contribution is 5.19. The average molecular weight is 257 g/mol. The van der Waals surface area contributed by atoms with Crippen LogP contribution in [0.5, 0.6) is 0 Å². The predicted octanol–water partition coefficient (Wildman–Crippen LogP) is 2.90. The summed E-state index contributed by atoms with van der Waals surface area (Å²) in [4.78, 5) is 0. The van der Waals surface area contributed by atoms with E-state index >= 15 is 0 Å². The molecule has 0 bridgehead atoms. The fraction of sp³-hybridized carbons (Fsp3) is 0.571. The summed E-state index contributed by atoms with van der Waals surface area (Å²) in [6, 6.07) is 3.27. The standard InChI is InChI=1S/C14H21F2NO/c1-4-18-14(9(2)3)13(17)7-10-5-6-11(15)8-12(10)16/h5-6,8-9,13-14H,4,7,17H2,1-3H3. The second-order valence-electron chi connectivity index (χ2n) is 4.77. The molecule has 2 atom stereocenters. The Balaban J connectivity index is 2.75. The summed E-state index contributed by atoms with van der Waals surface area (Å²) in [5.41, 5.74) is 6.48. The van der Waals surface area contributed by atoms with E-state index in [4.69, 9.17) is 10.5 Å². The van der Waals surface area contributed by atoms with Crippen LogP contribution in [0.3, 0.4) is 0 Å². The molecule has 0 aromatic heterocycles. The lowest BCUT2D eigenvalue weighted by Crippen LogP contribution is -2.42. The lowest BCUT2D eigenvalue weighted by Gasteiger charge is -2.27. The van der Waals surface area contributed by atoms with Crippen LogP contribution >= 0.6 is 0 Å². The van der Waals surface area contributed by atoms with Gasteiger partial charge >= 0.3 is 0 Å². The maximum absolute atomic E-state index is 13.5. The van der Waals surface area contributed by atoms with E-state index in [-0.39, 0.29) is 18.1 Å². The van der Waals surface area contributed by atoms with Crippen molar-refractivity contribution in [1.29, 1.82) is 0 Å². The molecule has 4 heteroatoms. The fourth-order valence-electron chi connectivity index (χ4n) is 2.06. The molecule has 0 amide bonds. The van der Waals surface area contributed by atoms with Crippen molar-refractivity contribution >= 4 is 0 Å². The molecule has 1 aromatic carbocycles. The normalized spacial score (nSPS) is 14.8. The molecule has 0 saturated heterocycles. The second kappa shape index (κ2) is 6.81. The zero-order valence-electron chi connectivity index (χ0n) is 11.1. The largest absolute Gasteiger partial charge is 0.377 e. The number of hydrogen-bond acceptors (Lipinski definition) is 2. The molecule has 0 saturated carbocycles. The van der Waals surface area contributed by atoms with Crippen LogP contribution < -0.4 is 5.73 Å². The van der Waals surface area contributed by atoms with E-state index < -0.39 is 11.6 Å². The van der Waals surface area contributed by atoms with Crippen molar-refractivity contribution in [2.24, 2.45) is 11.7 Å². The van der Waals surface area contributed by atoms with Gasteiger partial charge in [0.2, 0.25) is 0 Å². The molecule has 0 aliphatic rings. The van der Waals surface area contributed by atoms with Crippen molar-refractivity contribution in [1.82, 2.24) is 0 Å². The minimum absolute atomic E-state index is 0.126. The molecule has 1 aromatic rings. The molecule has 2 N–H and O–H groups in total. The first kappa shape index (κ1) is 15.1. The van der Waals surface area contributed by atoms with Gasteiger partial charge in [0.15, 0.2) is 0 Å². The monoisotopic (exact) mass is 257 g/mol. The van der Waals surface area contributed by atoms with E-state index in [1.54, 1.807) is 0 Å². The minimum Gasteiger partial charge on any atom is -0.377 e. The number of ether oxygens (including phenoxy) is 1. The van der Waals surface area contributed by atoms with Gasteiger partial charge in [0.25, 0.3) is 0 Å². The van der Waals surface area contributed by atoms with Crippen molar-refractivity contribution < 1.29 is 13.5 Å². The predicted molar refractivity (Wildman–Crippen MR) is 68.3 cm³/mol. The zero-order valence-corrected chi connectivity index (χ0v) is 11.1. The van der Waals surface area contributed by atoms with Crippen LogP contribution in [0.15, 0.2) is 18.2 Å². The Kier molecular flexibility index (Phi) is 5.69. The summed E-state index contributed by atoms with van der Waals surface area (Å²) in [5.74, 6) is -0.872. The Morgan fingerprint density at radius 2 is 1.94 bits per heavy atom. The summed E-state index contributed by atoms with van der Waals surface area (Å²) >= 11 is 0. The van der Waals surface area contributed by atoms with Gasteiger partial charge in [0.05, 0.1) is 6.10 Å². The van der Waals surface area contributed by atoms with Gasteiger partial charge in [-0.3, -0.25) is 0 Å². The third kappa shape index (κ3) is 4.03. The Hall–Kier alpha value is -1.00. The van der Waals surface area contributed by atoms with Crippen LogP contribution in [0.4, 0.5) is 8.78 Å². The SMILES string of the molecule is CCOC(C(C)C)C(N)Cc1ccc(F)cc1F. The Labute approximate surface area is 107 Å². The van der Waals surface area contributed by atoms with E-state index in [1.165, 1.54) is 12.1 Å². The highest BCUT2D eigenvalue weighted by Gasteiger charge is 2.22. The van der Waals surface area contributed by atoms with Crippen LogP contribution in [0, 0.1) is 17.6 Å². The topological polar surface area (TPSA) is 35.2 Å². The maximum atomic E-state index is 13.5. The fourth-order valence-corrected chi connectivity index (χ4v) is 2.06. The second-order valence-corrected chi connectivity index (χ2v) is 4.77. The van der Waals surface area contributed by atoms with Gasteiger partial charge in [-0.2, -0.15) is 0 Å². The smallest absolute Gasteiger partial charge is 0.129 e. The molecule has 0 radical (unpaired) electrons. The molecular formula is C14H21F2NO. The highest BCUT2D eigenvalue weighted by atomic mass is 19.1. The molecular weight excluding hydrogens is 236 g/mol. The molecule has 0 fully saturated rings. The molecule has 1 rings (SSSR count). The van der Waals surface area contributed by atoms with Crippen LogP contribution in [-0.4, -0.2) is 18.8 Å². The van der Waals surface area contributed by atoms with Gasteiger partial charge in [0.1, 0.15) is 11.6 Å². The molecule has 0 heterocycles. The minimum atomic E-state index is -0.574. The Bertz CT molecular complexity index is 382. The van der Waals surface area contributed by atoms with Crippen molar-refractivity contribution in [3.63, 3.8) is 0 Å². The number of benzene rings is 1. The molecule has 0 aliphatic heterocycles. The lowest BCUT2D eigenvalue weighted by molar-refractivity contribution is 0.0126. The van der Waals surface area contributed by atoms with Crippen molar-refractivity contribution in [2.75, 3.05) is 6.61 Å². The lowest BCUT2D eigenvalue weighted by atomic mass is 9.94. The van der Waals surface area contributed by atoms with E-state index in [0.717, 1.165) is 6.07 Å². The van der Waals surface area contributed by atoms with Crippen molar-refractivity contribution in [3.05, 3.63) is 35.4 Å². The number of nitrogens with two attached hydrogens (primary N) is 1. The summed E-state index contributed by atoms with van der Waals surface area (Å²) < 4.78 is 31.9. The molecule has 102 valence electrons. The van der Waals surface area contributed by atoms with Crippen LogP contribution in [-0.2, 0) is 11.2 Å². The van der Waals surface area contributed by atoms with Gasteiger partial charge in [-0.25, -0.2) is 8.78 Å². The maximum Gasteiger partial charge on any atom is 0.129 e. The molecule has 2 nitrogen and oxygen atoms in total. The quantitative estimate of drug-likeness (QED) is 0.850. The molecule has 0 aliphatic carbocycles. The molecule has 0 spiro atoms. The van der Waals surface area contributed by atoms with Gasteiger partial charge in [0, 0.05) is 18.7 Å². The first-order valence-corrected chi connectivity index (χ1v) is 6.26. The van der Waals surface area contributed by atoms with Crippen molar-refractivity contribution in [3.8, 4) is 0 Å². The summed E-state index contributed by atoms with van der Waals surface area (Å²) in [7, 11) is 0. The Morgan fingerprint density at radius 1 is 1.28 bits per heavy atom. The third-order valence-electron chi connectivity index (χ3n) is 2.91. The van der Waals surface area contributed by atoms with Gasteiger partial charge < -0.3 is 10.5 Å². The van der Waals surface area contributed by atoms with Gasteiger partial charge in [-0.1, -0.05) is 19.9 Å². The van der Waals surface area contributed by atoms with Crippen LogP contribution in [0.1, 0.15) is 26.3 Å². The van der Waals surface area contributed by atoms with Crippen LogP contribution in [0.25, 0.3) is 0 Å². The molecule has 18 heavy (non-hydrogen) atoms. The number of rotatable bonds is 6. The highest BCUT2D eigenvalue weighted by Crippen LogP contribution is 2.17. The number of halogens is 2. The van der Waals surface area contributed by atoms with Gasteiger partial charge in [-0.05, 0) is 30.9 Å². The van der Waals surface area contributed by atoms with E-state index in [2.05, 4.69) is 0 Å². The van der Waals surface area contributed by atoms with Crippen LogP contribution in [0.2, 0.25) is 0 Å². The van der Waals surface area contributed by atoms with Gasteiger partial charge in [-0.15, -0.1) is 0 Å². The first-order valence-electron chi connectivity index (χ1n) is 6.26. The Morgan fingerprint density at radius 3 is 2.44 bits per heavy atom. The van der Waals surface area contributed by atoms with E-state index in [1.807, 2.05) is 20.8 Å². The number of hydrogen-bond donors (Lipinski definition) is 1. The van der Waals surface area contributed by atoms with E-state index in [9.17, 15) is 8.78 Å². The first-order chi connectivity index (χ1) is 8.45. The summed E-state index contributed by atoms with van der Waals surface area (Å²) in [6.45, 7) is 6.51. The van der Waals surface area contributed by atoms with E-state index in [0.29, 0.717) is 18.6 Å². The summed E-state index contributed by atoms with van der Waals surface area (Å²) in [5, 5.41) is 0. The summed E-state index contributed by atoms with van der Waals surface area (Å²) in [6.07, 6.45) is 0.217. The average Bonchev–Trinajstić information content (AvgIpc) is 2.29. The third-order valence-corrected chi connectivity index (χ3v) is 2.91. The van der Waals surface area contributed by atoms with Crippen molar-refractivity contribution in [2.45, 2.75) is 39.3 Å². The molecule has 2 unspecified atom stereocenters. The zero-order chi connectivity index (χ0) is 13.7.